The first-order chi connectivity index (χ1) is 8.68. The summed E-state index contributed by atoms with van der Waals surface area (Å²) in [6.07, 6.45) is 1.82. The van der Waals surface area contributed by atoms with Crippen LogP contribution >= 0.6 is 11.3 Å². The Balaban J connectivity index is 2.10. The molecule has 0 aliphatic rings. The molecule has 0 spiro atoms. The Kier molecular flexibility index (Phi) is 4.38. The van der Waals surface area contributed by atoms with Crippen molar-refractivity contribution in [3.8, 4) is 0 Å². The molecule has 2 N–H and O–H groups in total. The van der Waals surface area contributed by atoms with Gasteiger partial charge in [-0.05, 0) is 42.2 Å². The lowest BCUT2D eigenvalue weighted by atomic mass is 9.94. The lowest BCUT2D eigenvalue weighted by molar-refractivity contribution is 0.215. The van der Waals surface area contributed by atoms with Crippen molar-refractivity contribution < 1.29 is 5.11 Å². The molecule has 0 bridgehead atoms. The maximum Gasteiger partial charge on any atom is 0.0448 e. The van der Waals surface area contributed by atoms with Crippen LogP contribution in [0.25, 0.3) is 10.1 Å². The summed E-state index contributed by atoms with van der Waals surface area (Å²) in [4.78, 5) is 0. The Morgan fingerprint density at radius 1 is 1.33 bits per heavy atom. The summed E-state index contributed by atoms with van der Waals surface area (Å²) >= 11 is 1.80. The molecular formula is C15H21NOS. The standard InChI is InChI=1S/C15H21NOS/c1-3-15(2,8-9-17)16-10-12-11-18-14-7-5-4-6-13(12)14/h4-7,11,16-17H,3,8-10H2,1-2H3. The molecular weight excluding hydrogens is 242 g/mol. The Morgan fingerprint density at radius 3 is 2.83 bits per heavy atom. The summed E-state index contributed by atoms with van der Waals surface area (Å²) < 4.78 is 1.34. The minimum absolute atomic E-state index is 0.0256. The van der Waals surface area contributed by atoms with Crippen LogP contribution in [0.3, 0.4) is 0 Å². The summed E-state index contributed by atoms with van der Waals surface area (Å²) in [6, 6.07) is 8.51. The van der Waals surface area contributed by atoms with Gasteiger partial charge in [-0.1, -0.05) is 25.1 Å². The van der Waals surface area contributed by atoms with Gasteiger partial charge in [0, 0.05) is 23.4 Å². The monoisotopic (exact) mass is 263 g/mol. The van der Waals surface area contributed by atoms with Crippen LogP contribution in [0, 0.1) is 0 Å². The van der Waals surface area contributed by atoms with Gasteiger partial charge in [0.15, 0.2) is 0 Å². The molecule has 0 amide bonds. The number of rotatable bonds is 6. The second-order valence-electron chi connectivity index (χ2n) is 5.00. The molecule has 2 nitrogen and oxygen atoms in total. The average molecular weight is 263 g/mol. The van der Waals surface area contributed by atoms with Crippen LogP contribution in [0.1, 0.15) is 32.3 Å². The normalized spacial score (nSPS) is 14.8. The first-order valence-electron chi connectivity index (χ1n) is 6.49. The van der Waals surface area contributed by atoms with Gasteiger partial charge in [0.1, 0.15) is 0 Å². The van der Waals surface area contributed by atoms with Gasteiger partial charge in [0.05, 0.1) is 0 Å². The summed E-state index contributed by atoms with van der Waals surface area (Å²) in [5.74, 6) is 0. The molecule has 2 aromatic rings. The van der Waals surface area contributed by atoms with Crippen molar-refractivity contribution in [3.05, 3.63) is 35.2 Å². The molecule has 1 atom stereocenters. The van der Waals surface area contributed by atoms with E-state index in [1.54, 1.807) is 11.3 Å². The minimum Gasteiger partial charge on any atom is -0.396 e. The second kappa shape index (κ2) is 5.83. The van der Waals surface area contributed by atoms with Crippen molar-refractivity contribution >= 4 is 21.4 Å². The van der Waals surface area contributed by atoms with Gasteiger partial charge < -0.3 is 10.4 Å². The Labute approximate surface area is 113 Å². The van der Waals surface area contributed by atoms with Crippen molar-refractivity contribution in [1.82, 2.24) is 5.32 Å². The van der Waals surface area contributed by atoms with Crippen molar-refractivity contribution in [2.75, 3.05) is 6.61 Å². The van der Waals surface area contributed by atoms with Crippen LogP contribution in [0.15, 0.2) is 29.6 Å². The topological polar surface area (TPSA) is 32.3 Å². The maximum absolute atomic E-state index is 9.12. The van der Waals surface area contributed by atoms with Crippen molar-refractivity contribution in [2.45, 2.75) is 38.8 Å². The summed E-state index contributed by atoms with van der Waals surface area (Å²) in [5, 5.41) is 16.3. The fraction of sp³-hybridized carbons (Fsp3) is 0.467. The van der Waals surface area contributed by atoms with Gasteiger partial charge in [0.25, 0.3) is 0 Å². The fourth-order valence-corrected chi connectivity index (χ4v) is 3.08. The second-order valence-corrected chi connectivity index (χ2v) is 5.91. The largest absolute Gasteiger partial charge is 0.396 e. The summed E-state index contributed by atoms with van der Waals surface area (Å²) in [5.41, 5.74) is 1.38. The third kappa shape index (κ3) is 2.91. The molecule has 0 aliphatic heterocycles. The highest BCUT2D eigenvalue weighted by Crippen LogP contribution is 2.26. The molecule has 1 aromatic carbocycles. The van der Waals surface area contributed by atoms with Gasteiger partial charge in [0.2, 0.25) is 0 Å². The van der Waals surface area contributed by atoms with E-state index in [4.69, 9.17) is 5.11 Å². The van der Waals surface area contributed by atoms with Crippen molar-refractivity contribution in [3.63, 3.8) is 0 Å². The molecule has 0 saturated carbocycles. The quantitative estimate of drug-likeness (QED) is 0.835. The Hall–Kier alpha value is -0.900. The highest BCUT2D eigenvalue weighted by atomic mass is 32.1. The molecule has 0 fully saturated rings. The van der Waals surface area contributed by atoms with E-state index in [1.165, 1.54) is 15.6 Å². The van der Waals surface area contributed by atoms with E-state index in [0.717, 1.165) is 19.4 Å². The first-order valence-corrected chi connectivity index (χ1v) is 7.37. The number of nitrogens with one attached hydrogen (secondary N) is 1. The molecule has 0 aliphatic carbocycles. The Morgan fingerprint density at radius 2 is 2.11 bits per heavy atom. The fourth-order valence-electron chi connectivity index (χ4n) is 2.12. The number of thiophene rings is 1. The number of hydrogen-bond donors (Lipinski definition) is 2. The lowest BCUT2D eigenvalue weighted by Crippen LogP contribution is -2.41. The third-order valence-electron chi connectivity index (χ3n) is 3.71. The molecule has 0 saturated heterocycles. The van der Waals surface area contributed by atoms with Crippen LogP contribution in [-0.2, 0) is 6.54 Å². The number of hydrogen-bond acceptors (Lipinski definition) is 3. The Bertz CT molecular complexity index is 508. The van der Waals surface area contributed by atoms with Crippen LogP contribution in [-0.4, -0.2) is 17.3 Å². The zero-order valence-corrected chi connectivity index (χ0v) is 11.9. The van der Waals surface area contributed by atoms with E-state index in [1.807, 2.05) is 0 Å². The number of aliphatic hydroxyl groups is 1. The SMILES string of the molecule is CCC(C)(CCO)NCc1csc2ccccc12. The molecule has 18 heavy (non-hydrogen) atoms. The van der Waals surface area contributed by atoms with E-state index in [2.05, 4.69) is 48.8 Å². The van der Waals surface area contributed by atoms with Crippen LogP contribution in [0.4, 0.5) is 0 Å². The molecule has 98 valence electrons. The van der Waals surface area contributed by atoms with Crippen molar-refractivity contribution in [2.24, 2.45) is 0 Å². The lowest BCUT2D eigenvalue weighted by Gasteiger charge is -2.29. The third-order valence-corrected chi connectivity index (χ3v) is 4.72. The molecule has 1 unspecified atom stereocenters. The molecule has 1 aromatic heterocycles. The minimum atomic E-state index is 0.0256. The summed E-state index contributed by atoms with van der Waals surface area (Å²) in [6.45, 7) is 5.45. The molecule has 1 heterocycles. The van der Waals surface area contributed by atoms with Crippen LogP contribution in [0.5, 0.6) is 0 Å². The van der Waals surface area contributed by atoms with Gasteiger partial charge in [-0.25, -0.2) is 0 Å². The van der Waals surface area contributed by atoms with Crippen LogP contribution in [0.2, 0.25) is 0 Å². The molecule has 2 rings (SSSR count). The van der Waals surface area contributed by atoms with Crippen LogP contribution < -0.4 is 5.32 Å². The first kappa shape index (κ1) is 13.5. The zero-order valence-electron chi connectivity index (χ0n) is 11.1. The van der Waals surface area contributed by atoms with Gasteiger partial charge in [-0.15, -0.1) is 11.3 Å². The zero-order chi connectivity index (χ0) is 13.0. The number of aliphatic hydroxyl groups excluding tert-OH is 1. The smallest absolute Gasteiger partial charge is 0.0448 e. The molecule has 3 heteroatoms. The van der Waals surface area contributed by atoms with E-state index in [9.17, 15) is 0 Å². The highest BCUT2D eigenvalue weighted by Gasteiger charge is 2.20. The van der Waals surface area contributed by atoms with E-state index in [0.29, 0.717) is 0 Å². The van der Waals surface area contributed by atoms with E-state index in [-0.39, 0.29) is 12.1 Å². The summed E-state index contributed by atoms with van der Waals surface area (Å²) in [7, 11) is 0. The highest BCUT2D eigenvalue weighted by molar-refractivity contribution is 7.17. The van der Waals surface area contributed by atoms with Gasteiger partial charge in [-0.2, -0.15) is 0 Å². The van der Waals surface area contributed by atoms with E-state index < -0.39 is 0 Å². The molecule has 0 radical (unpaired) electrons. The van der Waals surface area contributed by atoms with E-state index >= 15 is 0 Å². The van der Waals surface area contributed by atoms with Crippen molar-refractivity contribution in [1.29, 1.82) is 0 Å². The average Bonchev–Trinajstić information content (AvgIpc) is 2.80. The number of benzene rings is 1. The number of fused-ring (bicyclic) bond motifs is 1. The van der Waals surface area contributed by atoms with Gasteiger partial charge in [-0.3, -0.25) is 0 Å². The predicted molar refractivity (Wildman–Crippen MR) is 79.1 cm³/mol. The maximum atomic E-state index is 9.12. The predicted octanol–water partition coefficient (Wildman–Crippen LogP) is 3.54. The van der Waals surface area contributed by atoms with Gasteiger partial charge >= 0.3 is 0 Å².